The minimum Gasteiger partial charge on any atom is -0.392 e. The molecule has 1 aliphatic heterocycles. The summed E-state index contributed by atoms with van der Waals surface area (Å²) in [5, 5.41) is 8.07. The Kier molecular flexibility index (Phi) is 9.94. The molecule has 174 valence electrons. The van der Waals surface area contributed by atoms with E-state index in [1.165, 1.54) is 0 Å². The number of carbonyl (C=O) groups excluding carboxylic acids is 2. The highest BCUT2D eigenvalue weighted by Crippen LogP contribution is 2.16. The first-order valence-electron chi connectivity index (χ1n) is 11.0. The number of carbonyl (C=O) groups is 2. The van der Waals surface area contributed by atoms with E-state index >= 15 is 0 Å². The lowest BCUT2D eigenvalue weighted by Gasteiger charge is -2.30. The van der Waals surface area contributed by atoms with Crippen LogP contribution in [0.4, 0.5) is 0 Å². The number of amides is 1. The predicted octanol–water partition coefficient (Wildman–Crippen LogP) is 2.35. The zero-order valence-corrected chi connectivity index (χ0v) is 19.8. The van der Waals surface area contributed by atoms with Gasteiger partial charge in [0.1, 0.15) is 6.29 Å². The number of nitrogens with zero attached hydrogens (tertiary/aromatic N) is 3. The molecule has 0 radical (unpaired) electrons. The van der Waals surface area contributed by atoms with Crippen LogP contribution in [0.2, 0.25) is 0 Å². The van der Waals surface area contributed by atoms with Gasteiger partial charge in [-0.25, -0.2) is 9.66 Å². The fourth-order valence-corrected chi connectivity index (χ4v) is 3.36. The summed E-state index contributed by atoms with van der Waals surface area (Å²) in [5.41, 5.74) is 3.66. The topological polar surface area (TPSA) is 88.5 Å². The van der Waals surface area contributed by atoms with E-state index in [9.17, 15) is 9.59 Å². The maximum atomic E-state index is 13.1. The molecule has 0 aliphatic carbocycles. The van der Waals surface area contributed by atoms with Crippen molar-refractivity contribution in [1.82, 2.24) is 20.3 Å². The lowest BCUT2D eigenvalue weighted by Crippen LogP contribution is -2.44. The van der Waals surface area contributed by atoms with Gasteiger partial charge in [-0.2, -0.15) is 0 Å². The summed E-state index contributed by atoms with van der Waals surface area (Å²) in [5.74, 6) is 0.431. The van der Waals surface area contributed by atoms with Gasteiger partial charge in [0.05, 0.1) is 26.3 Å². The van der Waals surface area contributed by atoms with Gasteiger partial charge in [0.15, 0.2) is 5.82 Å². The van der Waals surface area contributed by atoms with E-state index in [-0.39, 0.29) is 12.5 Å². The fraction of sp³-hybridized carbons (Fsp3) is 0.458. The summed E-state index contributed by atoms with van der Waals surface area (Å²) in [7, 11) is 1.82. The van der Waals surface area contributed by atoms with Crippen LogP contribution in [0.5, 0.6) is 0 Å². The minimum absolute atomic E-state index is 0.149. The van der Waals surface area contributed by atoms with Crippen LogP contribution in [0.15, 0.2) is 52.5 Å². The van der Waals surface area contributed by atoms with Crippen LogP contribution in [0, 0.1) is 0 Å². The summed E-state index contributed by atoms with van der Waals surface area (Å²) in [6.07, 6.45) is 10.9. The third-order valence-corrected chi connectivity index (χ3v) is 5.31. The van der Waals surface area contributed by atoms with Gasteiger partial charge in [-0.05, 0) is 50.5 Å². The van der Waals surface area contributed by atoms with Crippen molar-refractivity contribution in [1.29, 1.82) is 0 Å². The van der Waals surface area contributed by atoms with E-state index < -0.39 is 0 Å². The lowest BCUT2D eigenvalue weighted by atomic mass is 10.0. The van der Waals surface area contributed by atoms with E-state index in [1.54, 1.807) is 12.3 Å². The first-order chi connectivity index (χ1) is 15.4. The molecule has 0 atom stereocenters. The number of morpholine rings is 1. The molecule has 8 heteroatoms. The summed E-state index contributed by atoms with van der Waals surface area (Å²) in [4.78, 5) is 29.2. The summed E-state index contributed by atoms with van der Waals surface area (Å²) in [6.45, 7) is 10.7. The Balaban J connectivity index is 2.29. The first kappa shape index (κ1) is 25.1. The summed E-state index contributed by atoms with van der Waals surface area (Å²) >= 11 is 0. The van der Waals surface area contributed by atoms with Gasteiger partial charge in [-0.3, -0.25) is 9.59 Å². The second kappa shape index (κ2) is 12.7. The molecule has 8 nitrogen and oxygen atoms in total. The first-order valence-corrected chi connectivity index (χ1v) is 11.0. The molecule has 0 saturated carbocycles. The molecule has 1 aromatic heterocycles. The fourth-order valence-electron chi connectivity index (χ4n) is 3.36. The Bertz CT molecular complexity index is 918. The lowest BCUT2D eigenvalue weighted by molar-refractivity contribution is -0.117. The van der Waals surface area contributed by atoms with Crippen LogP contribution >= 0.6 is 0 Å². The van der Waals surface area contributed by atoms with Crippen molar-refractivity contribution in [3.63, 3.8) is 0 Å². The zero-order chi connectivity index (χ0) is 23.5. The van der Waals surface area contributed by atoms with Gasteiger partial charge < -0.3 is 20.4 Å². The normalized spacial score (nSPS) is 16.5. The van der Waals surface area contributed by atoms with E-state index in [4.69, 9.17) is 4.74 Å². The molecule has 1 fully saturated rings. The predicted molar refractivity (Wildman–Crippen MR) is 128 cm³/mol. The van der Waals surface area contributed by atoms with Crippen LogP contribution in [0.3, 0.4) is 0 Å². The van der Waals surface area contributed by atoms with Crippen molar-refractivity contribution in [2.45, 2.75) is 34.1 Å². The molecule has 0 bridgehead atoms. The number of aldehydes is 1. The van der Waals surface area contributed by atoms with Gasteiger partial charge >= 0.3 is 0 Å². The SMILES string of the molecule is CC/C=C(C)/C(=C\c1nccn1N1CCOCC1)C(=O)NC/C(C=O)=C(C)/C=C(/C)NC. The van der Waals surface area contributed by atoms with Crippen LogP contribution < -0.4 is 15.6 Å². The Morgan fingerprint density at radius 1 is 1.25 bits per heavy atom. The highest BCUT2D eigenvalue weighted by Gasteiger charge is 2.17. The number of rotatable bonds is 10. The molecule has 1 saturated heterocycles. The molecule has 1 aliphatic rings. The third kappa shape index (κ3) is 6.95. The van der Waals surface area contributed by atoms with Crippen molar-refractivity contribution < 1.29 is 14.3 Å². The van der Waals surface area contributed by atoms with Crippen LogP contribution in [-0.2, 0) is 14.3 Å². The average Bonchev–Trinajstić information content (AvgIpc) is 3.26. The monoisotopic (exact) mass is 441 g/mol. The van der Waals surface area contributed by atoms with E-state index in [0.29, 0.717) is 30.2 Å². The van der Waals surface area contributed by atoms with Crippen molar-refractivity contribution in [2.24, 2.45) is 0 Å². The van der Waals surface area contributed by atoms with Crippen LogP contribution in [0.25, 0.3) is 6.08 Å². The number of ether oxygens (including phenoxy) is 1. The van der Waals surface area contributed by atoms with E-state index in [0.717, 1.165) is 42.6 Å². The Labute approximate surface area is 190 Å². The van der Waals surface area contributed by atoms with Crippen LogP contribution in [-0.4, -0.2) is 61.7 Å². The van der Waals surface area contributed by atoms with Crippen molar-refractivity contribution in [2.75, 3.05) is 44.9 Å². The highest BCUT2D eigenvalue weighted by molar-refractivity contribution is 6.02. The molecular formula is C24H35N5O3. The number of nitrogens with one attached hydrogen (secondary N) is 2. The van der Waals surface area contributed by atoms with Gasteiger partial charge in [0, 0.05) is 42.8 Å². The van der Waals surface area contributed by atoms with E-state index in [2.05, 4.69) is 20.6 Å². The molecule has 0 unspecified atom stereocenters. The Morgan fingerprint density at radius 3 is 2.59 bits per heavy atom. The summed E-state index contributed by atoms with van der Waals surface area (Å²) < 4.78 is 7.40. The third-order valence-electron chi connectivity index (χ3n) is 5.31. The Morgan fingerprint density at radius 2 is 1.97 bits per heavy atom. The summed E-state index contributed by atoms with van der Waals surface area (Å²) in [6, 6.07) is 0. The molecule has 0 aromatic carbocycles. The van der Waals surface area contributed by atoms with E-state index in [1.807, 2.05) is 57.8 Å². The molecular weight excluding hydrogens is 406 g/mol. The van der Waals surface area contributed by atoms with Crippen molar-refractivity contribution in [3.05, 3.63) is 58.4 Å². The zero-order valence-electron chi connectivity index (χ0n) is 19.8. The number of allylic oxidation sites excluding steroid dienone is 4. The largest absolute Gasteiger partial charge is 0.392 e. The number of imidazole rings is 1. The molecule has 2 N–H and O–H groups in total. The smallest absolute Gasteiger partial charge is 0.251 e. The molecule has 32 heavy (non-hydrogen) atoms. The molecule has 0 spiro atoms. The van der Waals surface area contributed by atoms with Crippen molar-refractivity contribution in [3.8, 4) is 0 Å². The Hall–Kier alpha value is -3.13. The number of hydrogen-bond acceptors (Lipinski definition) is 6. The maximum absolute atomic E-state index is 13.1. The quantitative estimate of drug-likeness (QED) is 0.329. The van der Waals surface area contributed by atoms with Crippen LogP contribution in [0.1, 0.15) is 39.9 Å². The second-order valence-electron chi connectivity index (χ2n) is 7.64. The molecule has 2 rings (SSSR count). The van der Waals surface area contributed by atoms with Gasteiger partial charge in [-0.15, -0.1) is 0 Å². The maximum Gasteiger partial charge on any atom is 0.251 e. The van der Waals surface area contributed by atoms with Gasteiger partial charge in [0.2, 0.25) is 0 Å². The highest BCUT2D eigenvalue weighted by atomic mass is 16.5. The van der Waals surface area contributed by atoms with Gasteiger partial charge in [0.25, 0.3) is 5.91 Å². The number of hydrogen-bond donors (Lipinski definition) is 2. The molecule has 1 amide bonds. The standard InChI is InChI=1S/C24H35N5O3/c1-6-7-18(2)22(15-23-26-8-9-29(23)28-10-12-32-13-11-28)24(31)27-16-21(17-30)19(3)14-20(4)25-5/h7-9,14-15,17,25H,6,10-13,16H2,1-5H3,(H,27,31)/b18-7+,20-14-,21-19-,22-15+. The van der Waals surface area contributed by atoms with Crippen molar-refractivity contribution >= 4 is 18.3 Å². The minimum atomic E-state index is -0.245. The average molecular weight is 442 g/mol. The second-order valence-corrected chi connectivity index (χ2v) is 7.64. The molecule has 1 aromatic rings. The van der Waals surface area contributed by atoms with Gasteiger partial charge in [-0.1, -0.05) is 13.0 Å². The number of aromatic nitrogens is 2. The molecule has 2 heterocycles.